The third-order valence-corrected chi connectivity index (χ3v) is 3.98. The van der Waals surface area contributed by atoms with Crippen LogP contribution in [0.1, 0.15) is 42.7 Å². The fourth-order valence-electron chi connectivity index (χ4n) is 3.09. The fourth-order valence-corrected chi connectivity index (χ4v) is 3.09. The summed E-state index contributed by atoms with van der Waals surface area (Å²) in [6, 6.07) is 9.63. The summed E-state index contributed by atoms with van der Waals surface area (Å²) in [6.07, 6.45) is 5.49. The summed E-state index contributed by atoms with van der Waals surface area (Å²) in [7, 11) is 4.45. The van der Waals surface area contributed by atoms with Crippen LogP contribution in [-0.4, -0.2) is 25.0 Å². The molecule has 88 valence electrons. The number of aryl methyl sites for hydroxylation is 1. The molecule has 2 atom stereocenters. The fraction of sp³-hybridized carbons (Fsp3) is 0.600. The van der Waals surface area contributed by atoms with E-state index in [1.54, 1.807) is 5.56 Å². The Bertz CT molecular complexity index is 343. The average molecular weight is 217 g/mol. The Morgan fingerprint density at radius 1 is 1.06 bits per heavy atom. The topological polar surface area (TPSA) is 3.24 Å². The molecule has 0 saturated heterocycles. The minimum Gasteiger partial charge on any atom is -0.306 e. The number of nitrogens with zero attached hydrogens (tertiary/aromatic N) is 1. The lowest BCUT2D eigenvalue weighted by Gasteiger charge is -2.37. The predicted octanol–water partition coefficient (Wildman–Crippen LogP) is 3.58. The Hall–Kier alpha value is -0.820. The van der Waals surface area contributed by atoms with E-state index in [0.29, 0.717) is 0 Å². The van der Waals surface area contributed by atoms with E-state index in [0.717, 1.165) is 12.0 Å². The second-order valence-corrected chi connectivity index (χ2v) is 5.28. The summed E-state index contributed by atoms with van der Waals surface area (Å²) < 4.78 is 0. The molecule has 1 nitrogen and oxygen atoms in total. The number of likely N-dealkylation sites (N-methyl/N-ethyl adjacent to an activating group) is 1. The first-order chi connectivity index (χ1) is 7.70. The molecule has 0 radical (unpaired) electrons. The maximum absolute atomic E-state index is 2.41. The van der Waals surface area contributed by atoms with E-state index < -0.39 is 0 Å². The normalized spacial score (nSPS) is 26.0. The van der Waals surface area contributed by atoms with Gasteiger partial charge in [-0.2, -0.15) is 0 Å². The predicted molar refractivity (Wildman–Crippen MR) is 69.9 cm³/mol. The van der Waals surface area contributed by atoms with Gasteiger partial charge in [-0.25, -0.2) is 0 Å². The Balaban J connectivity index is 2.27. The summed E-state index contributed by atoms with van der Waals surface area (Å²) in [5.41, 5.74) is 3.03. The number of hydrogen-bond donors (Lipinski definition) is 0. The van der Waals surface area contributed by atoms with Gasteiger partial charge in [0.1, 0.15) is 0 Å². The molecule has 0 spiro atoms. The van der Waals surface area contributed by atoms with Gasteiger partial charge in [-0.05, 0) is 50.9 Å². The highest BCUT2D eigenvalue weighted by Gasteiger charge is 2.28. The minimum atomic E-state index is 0.731. The van der Waals surface area contributed by atoms with E-state index in [-0.39, 0.29) is 0 Å². The molecule has 0 aliphatic heterocycles. The SMILES string of the molecule is Cc1ccccc1C1CCCCC1N(C)C. The van der Waals surface area contributed by atoms with Crippen molar-refractivity contribution in [2.75, 3.05) is 14.1 Å². The van der Waals surface area contributed by atoms with Crippen LogP contribution in [0.3, 0.4) is 0 Å². The van der Waals surface area contributed by atoms with Crippen molar-refractivity contribution < 1.29 is 0 Å². The van der Waals surface area contributed by atoms with Gasteiger partial charge in [0, 0.05) is 6.04 Å². The van der Waals surface area contributed by atoms with Gasteiger partial charge in [0.25, 0.3) is 0 Å². The standard InChI is InChI=1S/C15H23N/c1-12-8-4-5-9-13(12)14-10-6-7-11-15(14)16(2)3/h4-5,8-9,14-15H,6-7,10-11H2,1-3H3. The lowest BCUT2D eigenvalue weighted by atomic mass is 9.78. The molecular weight excluding hydrogens is 194 g/mol. The quantitative estimate of drug-likeness (QED) is 0.732. The van der Waals surface area contributed by atoms with Crippen molar-refractivity contribution in [3.8, 4) is 0 Å². The molecule has 0 bridgehead atoms. The zero-order valence-corrected chi connectivity index (χ0v) is 10.7. The summed E-state index contributed by atoms with van der Waals surface area (Å²) in [4.78, 5) is 2.41. The van der Waals surface area contributed by atoms with Crippen LogP contribution in [0, 0.1) is 6.92 Å². The molecular formula is C15H23N. The van der Waals surface area contributed by atoms with Crippen LogP contribution in [0.15, 0.2) is 24.3 Å². The highest BCUT2D eigenvalue weighted by Crippen LogP contribution is 2.36. The first kappa shape index (κ1) is 11.7. The summed E-state index contributed by atoms with van der Waals surface area (Å²) in [5, 5.41) is 0. The largest absolute Gasteiger partial charge is 0.306 e. The first-order valence-electron chi connectivity index (χ1n) is 6.42. The van der Waals surface area contributed by atoms with Crippen LogP contribution in [0.4, 0.5) is 0 Å². The van der Waals surface area contributed by atoms with E-state index >= 15 is 0 Å². The van der Waals surface area contributed by atoms with Gasteiger partial charge in [0.15, 0.2) is 0 Å². The molecule has 0 amide bonds. The second kappa shape index (κ2) is 5.01. The molecule has 2 rings (SSSR count). The van der Waals surface area contributed by atoms with E-state index in [1.165, 1.54) is 31.2 Å². The summed E-state index contributed by atoms with van der Waals surface area (Å²) >= 11 is 0. The molecule has 1 aromatic carbocycles. The van der Waals surface area contributed by atoms with Crippen molar-refractivity contribution in [1.29, 1.82) is 0 Å². The Morgan fingerprint density at radius 2 is 1.75 bits per heavy atom. The van der Waals surface area contributed by atoms with Gasteiger partial charge in [0.05, 0.1) is 0 Å². The zero-order chi connectivity index (χ0) is 11.5. The molecule has 0 N–H and O–H groups in total. The van der Waals surface area contributed by atoms with Crippen molar-refractivity contribution >= 4 is 0 Å². The van der Waals surface area contributed by atoms with Gasteiger partial charge < -0.3 is 4.90 Å². The van der Waals surface area contributed by atoms with E-state index in [4.69, 9.17) is 0 Å². The minimum absolute atomic E-state index is 0.731. The third kappa shape index (κ3) is 2.30. The maximum Gasteiger partial charge on any atom is 0.0158 e. The van der Waals surface area contributed by atoms with E-state index in [9.17, 15) is 0 Å². The molecule has 1 aliphatic rings. The Morgan fingerprint density at radius 3 is 2.44 bits per heavy atom. The van der Waals surface area contributed by atoms with Gasteiger partial charge in [0.2, 0.25) is 0 Å². The lowest BCUT2D eigenvalue weighted by molar-refractivity contribution is 0.199. The molecule has 16 heavy (non-hydrogen) atoms. The van der Waals surface area contributed by atoms with Crippen LogP contribution in [0.25, 0.3) is 0 Å². The summed E-state index contributed by atoms with van der Waals surface area (Å²) in [6.45, 7) is 2.25. The molecule has 0 heterocycles. The highest BCUT2D eigenvalue weighted by atomic mass is 15.1. The van der Waals surface area contributed by atoms with Crippen molar-refractivity contribution in [2.24, 2.45) is 0 Å². The van der Waals surface area contributed by atoms with Crippen LogP contribution in [-0.2, 0) is 0 Å². The van der Waals surface area contributed by atoms with Crippen molar-refractivity contribution in [3.63, 3.8) is 0 Å². The zero-order valence-electron chi connectivity index (χ0n) is 10.7. The summed E-state index contributed by atoms with van der Waals surface area (Å²) in [5.74, 6) is 0.741. The Kier molecular flexibility index (Phi) is 3.65. The van der Waals surface area contributed by atoms with E-state index in [2.05, 4.69) is 50.2 Å². The van der Waals surface area contributed by atoms with Crippen molar-refractivity contribution in [1.82, 2.24) is 4.90 Å². The number of rotatable bonds is 2. The Labute approximate surface area is 99.5 Å². The van der Waals surface area contributed by atoms with Gasteiger partial charge in [-0.3, -0.25) is 0 Å². The van der Waals surface area contributed by atoms with Gasteiger partial charge in [-0.15, -0.1) is 0 Å². The van der Waals surface area contributed by atoms with Crippen LogP contribution >= 0.6 is 0 Å². The number of benzene rings is 1. The maximum atomic E-state index is 2.41. The number of hydrogen-bond acceptors (Lipinski definition) is 1. The molecule has 2 unspecified atom stereocenters. The first-order valence-corrected chi connectivity index (χ1v) is 6.42. The lowest BCUT2D eigenvalue weighted by Crippen LogP contribution is -2.36. The van der Waals surface area contributed by atoms with E-state index in [1.807, 2.05) is 0 Å². The van der Waals surface area contributed by atoms with Crippen molar-refractivity contribution in [2.45, 2.75) is 44.6 Å². The molecule has 1 fully saturated rings. The van der Waals surface area contributed by atoms with Crippen LogP contribution in [0.5, 0.6) is 0 Å². The van der Waals surface area contributed by atoms with Crippen molar-refractivity contribution in [3.05, 3.63) is 35.4 Å². The molecule has 1 aromatic rings. The smallest absolute Gasteiger partial charge is 0.0158 e. The monoisotopic (exact) mass is 217 g/mol. The molecule has 1 aliphatic carbocycles. The van der Waals surface area contributed by atoms with Gasteiger partial charge >= 0.3 is 0 Å². The molecule has 1 heteroatoms. The van der Waals surface area contributed by atoms with Crippen LogP contribution < -0.4 is 0 Å². The second-order valence-electron chi connectivity index (χ2n) is 5.28. The average Bonchev–Trinajstić information content (AvgIpc) is 2.29. The highest BCUT2D eigenvalue weighted by molar-refractivity contribution is 5.30. The third-order valence-electron chi connectivity index (χ3n) is 3.98. The molecule has 1 saturated carbocycles. The van der Waals surface area contributed by atoms with Crippen LogP contribution in [0.2, 0.25) is 0 Å². The van der Waals surface area contributed by atoms with Gasteiger partial charge in [-0.1, -0.05) is 37.1 Å². The molecule has 0 aromatic heterocycles.